The Bertz CT molecular complexity index is 544. The number of carboxylic acids is 1. The molecule has 0 aromatic carbocycles. The molecule has 0 saturated heterocycles. The molecule has 1 saturated carbocycles. The van der Waals surface area contributed by atoms with Gasteiger partial charge in [0.15, 0.2) is 0 Å². The van der Waals surface area contributed by atoms with Crippen LogP contribution in [0.25, 0.3) is 0 Å². The Morgan fingerprint density at radius 3 is 2.90 bits per heavy atom. The summed E-state index contributed by atoms with van der Waals surface area (Å²) in [6.07, 6.45) is 4.61. The van der Waals surface area contributed by atoms with Gasteiger partial charge in [0.2, 0.25) is 5.91 Å². The van der Waals surface area contributed by atoms with E-state index in [2.05, 4.69) is 10.3 Å². The second kappa shape index (κ2) is 6.24. The molecule has 1 aromatic rings. The molecule has 0 bridgehead atoms. The van der Waals surface area contributed by atoms with E-state index in [-0.39, 0.29) is 12.3 Å². The quantitative estimate of drug-likeness (QED) is 0.890. The predicted molar refractivity (Wildman–Crippen MR) is 78.8 cm³/mol. The van der Waals surface area contributed by atoms with E-state index in [1.807, 2.05) is 26.0 Å². The third-order valence-electron chi connectivity index (χ3n) is 4.23. The Morgan fingerprint density at radius 2 is 2.29 bits per heavy atom. The summed E-state index contributed by atoms with van der Waals surface area (Å²) in [6, 6.07) is 3.71. The van der Waals surface area contributed by atoms with Crippen LogP contribution in [0.4, 0.5) is 0 Å². The molecule has 114 valence electrons. The number of hydrogen-bond acceptors (Lipinski definition) is 3. The first-order chi connectivity index (χ1) is 9.93. The first kappa shape index (κ1) is 15.5. The molecule has 0 radical (unpaired) electrons. The van der Waals surface area contributed by atoms with E-state index >= 15 is 0 Å². The fourth-order valence-corrected chi connectivity index (χ4v) is 3.08. The highest BCUT2D eigenvalue weighted by molar-refractivity contribution is 5.88. The molecule has 5 nitrogen and oxygen atoms in total. The van der Waals surface area contributed by atoms with E-state index in [0.717, 1.165) is 18.4 Å². The maximum absolute atomic E-state index is 12.2. The van der Waals surface area contributed by atoms with Crippen molar-refractivity contribution in [2.45, 2.75) is 51.5 Å². The number of carbonyl (C=O) groups excluding carboxylic acids is 1. The lowest BCUT2D eigenvalue weighted by Gasteiger charge is -2.37. The minimum Gasteiger partial charge on any atom is -0.480 e. The number of rotatable bonds is 4. The molecule has 1 amide bonds. The van der Waals surface area contributed by atoms with E-state index in [0.29, 0.717) is 24.5 Å². The monoisotopic (exact) mass is 290 g/mol. The Kier molecular flexibility index (Phi) is 4.60. The number of carbonyl (C=O) groups is 2. The topological polar surface area (TPSA) is 79.3 Å². The van der Waals surface area contributed by atoms with Crippen LogP contribution in [-0.2, 0) is 16.0 Å². The number of amides is 1. The maximum atomic E-state index is 12.2. The second-order valence-corrected chi connectivity index (χ2v) is 6.08. The molecule has 21 heavy (non-hydrogen) atoms. The standard InChI is InChI=1S/C16H22N2O3/c1-11-5-3-7-16(10-11,15(20)21)18-14(19)9-13-12(2)6-4-8-17-13/h4,6,8,11H,3,5,7,9-10H2,1-2H3,(H,18,19)(H,20,21). The van der Waals surface area contributed by atoms with Crippen molar-refractivity contribution in [1.82, 2.24) is 10.3 Å². The normalized spacial score (nSPS) is 25.3. The van der Waals surface area contributed by atoms with Crippen LogP contribution < -0.4 is 5.32 Å². The number of aryl methyl sites for hydroxylation is 1. The third kappa shape index (κ3) is 3.60. The minimum atomic E-state index is -1.11. The second-order valence-electron chi connectivity index (χ2n) is 6.08. The lowest BCUT2D eigenvalue weighted by molar-refractivity contribution is -0.150. The first-order valence-corrected chi connectivity index (χ1v) is 7.38. The zero-order chi connectivity index (χ0) is 15.5. The van der Waals surface area contributed by atoms with Crippen molar-refractivity contribution in [3.8, 4) is 0 Å². The lowest BCUT2D eigenvalue weighted by atomic mass is 9.76. The van der Waals surface area contributed by atoms with Gasteiger partial charge >= 0.3 is 5.97 Å². The first-order valence-electron chi connectivity index (χ1n) is 7.38. The highest BCUT2D eigenvalue weighted by atomic mass is 16.4. The molecule has 1 heterocycles. The zero-order valence-electron chi connectivity index (χ0n) is 12.6. The average Bonchev–Trinajstić information content (AvgIpc) is 2.41. The number of carboxylic acid groups (broad SMARTS) is 1. The summed E-state index contributed by atoms with van der Waals surface area (Å²) in [5, 5.41) is 12.3. The van der Waals surface area contributed by atoms with E-state index < -0.39 is 11.5 Å². The molecule has 0 aliphatic heterocycles. The van der Waals surface area contributed by atoms with Crippen LogP contribution in [-0.4, -0.2) is 27.5 Å². The summed E-state index contributed by atoms with van der Waals surface area (Å²) in [4.78, 5) is 28.1. The van der Waals surface area contributed by atoms with E-state index in [9.17, 15) is 14.7 Å². The fraction of sp³-hybridized carbons (Fsp3) is 0.562. The Hall–Kier alpha value is -1.91. The highest BCUT2D eigenvalue weighted by Gasteiger charge is 2.43. The molecule has 1 aliphatic carbocycles. The van der Waals surface area contributed by atoms with Crippen molar-refractivity contribution in [3.63, 3.8) is 0 Å². The van der Waals surface area contributed by atoms with Crippen LogP contribution in [0.1, 0.15) is 43.9 Å². The van der Waals surface area contributed by atoms with Gasteiger partial charge in [-0.15, -0.1) is 0 Å². The molecule has 1 aromatic heterocycles. The number of aromatic nitrogens is 1. The smallest absolute Gasteiger partial charge is 0.329 e. The van der Waals surface area contributed by atoms with Crippen LogP contribution >= 0.6 is 0 Å². The summed E-state index contributed by atoms with van der Waals surface area (Å²) < 4.78 is 0. The minimum absolute atomic E-state index is 0.121. The Morgan fingerprint density at radius 1 is 1.52 bits per heavy atom. The average molecular weight is 290 g/mol. The summed E-state index contributed by atoms with van der Waals surface area (Å²) in [7, 11) is 0. The largest absolute Gasteiger partial charge is 0.480 e. The van der Waals surface area contributed by atoms with Gasteiger partial charge in [0.25, 0.3) is 0 Å². The van der Waals surface area contributed by atoms with Gasteiger partial charge in [-0.1, -0.05) is 25.8 Å². The lowest BCUT2D eigenvalue weighted by Crippen LogP contribution is -2.57. The van der Waals surface area contributed by atoms with Crippen molar-refractivity contribution in [1.29, 1.82) is 0 Å². The maximum Gasteiger partial charge on any atom is 0.329 e. The third-order valence-corrected chi connectivity index (χ3v) is 4.23. The SMILES string of the molecule is Cc1cccnc1CC(=O)NC1(C(=O)O)CCCC(C)C1. The van der Waals surface area contributed by atoms with Crippen LogP contribution in [0.2, 0.25) is 0 Å². The number of hydrogen-bond donors (Lipinski definition) is 2. The number of nitrogens with one attached hydrogen (secondary N) is 1. The summed E-state index contributed by atoms with van der Waals surface area (Å²) in [5.41, 5.74) is 0.519. The molecule has 2 unspecified atom stereocenters. The van der Waals surface area contributed by atoms with E-state index in [1.54, 1.807) is 6.20 Å². The number of nitrogens with zero attached hydrogens (tertiary/aromatic N) is 1. The summed E-state index contributed by atoms with van der Waals surface area (Å²) >= 11 is 0. The van der Waals surface area contributed by atoms with Gasteiger partial charge in [-0.05, 0) is 37.3 Å². The van der Waals surface area contributed by atoms with Gasteiger partial charge in [-0.25, -0.2) is 4.79 Å². The van der Waals surface area contributed by atoms with Crippen LogP contribution in [0.5, 0.6) is 0 Å². The van der Waals surface area contributed by atoms with E-state index in [1.165, 1.54) is 0 Å². The molecule has 2 rings (SSSR count). The van der Waals surface area contributed by atoms with Crippen LogP contribution in [0.15, 0.2) is 18.3 Å². The molecule has 2 atom stereocenters. The molecule has 1 fully saturated rings. The molecule has 5 heteroatoms. The summed E-state index contributed by atoms with van der Waals surface area (Å²) in [6.45, 7) is 3.93. The molecule has 2 N–H and O–H groups in total. The molecule has 0 spiro atoms. The van der Waals surface area contributed by atoms with Gasteiger partial charge in [-0.3, -0.25) is 9.78 Å². The van der Waals surface area contributed by atoms with Gasteiger partial charge in [0.1, 0.15) is 5.54 Å². The predicted octanol–water partition coefficient (Wildman–Crippen LogP) is 2.08. The number of aliphatic carboxylic acids is 1. The number of pyridine rings is 1. The summed E-state index contributed by atoms with van der Waals surface area (Å²) in [5.74, 6) is -0.889. The molecular weight excluding hydrogens is 268 g/mol. The Balaban J connectivity index is 2.09. The van der Waals surface area contributed by atoms with E-state index in [4.69, 9.17) is 0 Å². The molecule has 1 aliphatic rings. The highest BCUT2D eigenvalue weighted by Crippen LogP contribution is 2.32. The van der Waals surface area contributed by atoms with Gasteiger partial charge in [0, 0.05) is 6.20 Å². The van der Waals surface area contributed by atoms with Crippen molar-refractivity contribution in [2.24, 2.45) is 5.92 Å². The fourth-order valence-electron chi connectivity index (χ4n) is 3.08. The van der Waals surface area contributed by atoms with Crippen LogP contribution in [0.3, 0.4) is 0 Å². The molecular formula is C16H22N2O3. The van der Waals surface area contributed by atoms with Crippen molar-refractivity contribution >= 4 is 11.9 Å². The van der Waals surface area contributed by atoms with Crippen molar-refractivity contribution in [3.05, 3.63) is 29.6 Å². The van der Waals surface area contributed by atoms with Gasteiger partial charge < -0.3 is 10.4 Å². The van der Waals surface area contributed by atoms with Crippen molar-refractivity contribution in [2.75, 3.05) is 0 Å². The Labute approximate surface area is 124 Å². The van der Waals surface area contributed by atoms with Gasteiger partial charge in [-0.2, -0.15) is 0 Å². The van der Waals surface area contributed by atoms with Gasteiger partial charge in [0.05, 0.1) is 12.1 Å². The van der Waals surface area contributed by atoms with Crippen LogP contribution in [0, 0.1) is 12.8 Å². The van der Waals surface area contributed by atoms with Crippen molar-refractivity contribution < 1.29 is 14.7 Å². The zero-order valence-corrected chi connectivity index (χ0v) is 12.6.